The summed E-state index contributed by atoms with van der Waals surface area (Å²) in [5.74, 6) is 0.416. The van der Waals surface area contributed by atoms with Crippen molar-refractivity contribution in [3.05, 3.63) is 35.6 Å². The number of nitrogens with one attached hydrogen (secondary N) is 2. The average molecular weight is 395 g/mol. The Kier molecular flexibility index (Phi) is 8.22. The first-order valence-corrected chi connectivity index (χ1v) is 10.0. The van der Waals surface area contributed by atoms with Gasteiger partial charge in [0.05, 0.1) is 25.4 Å². The number of nitrogens with zero attached hydrogens (tertiary/aromatic N) is 2. The molecule has 1 aliphatic heterocycles. The molecule has 0 saturated carbocycles. The molecule has 6 nitrogen and oxygen atoms in total. The molecule has 2 rings (SSSR count). The summed E-state index contributed by atoms with van der Waals surface area (Å²) < 4.78 is 19.5. The topological polar surface area (TPSA) is 69.1 Å². The minimum atomic E-state index is -0.930. The zero-order chi connectivity index (χ0) is 20.6. The smallest absolute Gasteiger partial charge is 0.191 e. The van der Waals surface area contributed by atoms with E-state index in [4.69, 9.17) is 4.74 Å². The molecule has 1 aliphatic rings. The average Bonchev–Trinajstić information content (AvgIpc) is 2.65. The lowest BCUT2D eigenvalue weighted by atomic mass is 9.84. The maximum atomic E-state index is 14.2. The van der Waals surface area contributed by atoms with E-state index in [1.165, 1.54) is 6.07 Å². The van der Waals surface area contributed by atoms with Crippen LogP contribution >= 0.6 is 0 Å². The van der Waals surface area contributed by atoms with Crippen LogP contribution in [-0.2, 0) is 10.2 Å². The maximum absolute atomic E-state index is 14.2. The number of halogens is 1. The number of benzene rings is 1. The minimum Gasteiger partial charge on any atom is -0.387 e. The molecule has 1 saturated heterocycles. The molecule has 1 fully saturated rings. The summed E-state index contributed by atoms with van der Waals surface area (Å²) in [6.07, 6.45) is 0. The van der Waals surface area contributed by atoms with Crippen LogP contribution in [0.15, 0.2) is 29.3 Å². The number of β-amino-alcohol motifs (C(OH)–C–C–N with tert-alkyl or cyclic N) is 1. The van der Waals surface area contributed by atoms with Crippen molar-refractivity contribution < 1.29 is 14.2 Å². The fourth-order valence-electron chi connectivity index (χ4n) is 3.29. The van der Waals surface area contributed by atoms with E-state index < -0.39 is 11.0 Å². The molecule has 0 aromatic heterocycles. The first-order valence-electron chi connectivity index (χ1n) is 10.0. The fourth-order valence-corrected chi connectivity index (χ4v) is 3.29. The predicted molar refractivity (Wildman–Crippen MR) is 111 cm³/mol. The Hall–Kier alpha value is -1.70. The fraction of sp³-hybridized carbons (Fsp3) is 0.667. The lowest BCUT2D eigenvalue weighted by Gasteiger charge is -2.33. The van der Waals surface area contributed by atoms with E-state index in [9.17, 15) is 9.50 Å². The first-order chi connectivity index (χ1) is 13.2. The molecule has 0 aliphatic carbocycles. The van der Waals surface area contributed by atoms with E-state index >= 15 is 0 Å². The van der Waals surface area contributed by atoms with E-state index in [0.29, 0.717) is 44.4 Å². The van der Waals surface area contributed by atoms with Crippen LogP contribution in [0.3, 0.4) is 0 Å². The molecule has 1 heterocycles. The van der Waals surface area contributed by atoms with E-state index in [1.807, 2.05) is 32.9 Å². The van der Waals surface area contributed by atoms with Gasteiger partial charge in [-0.05, 0) is 25.5 Å². The molecule has 1 aromatic carbocycles. The zero-order valence-corrected chi connectivity index (χ0v) is 17.6. The van der Waals surface area contributed by atoms with Gasteiger partial charge in [0, 0.05) is 38.1 Å². The van der Waals surface area contributed by atoms with Gasteiger partial charge in [-0.15, -0.1) is 0 Å². The number of guanidine groups is 1. The van der Waals surface area contributed by atoms with Crippen molar-refractivity contribution in [3.63, 3.8) is 0 Å². The second-order valence-corrected chi connectivity index (χ2v) is 8.30. The highest BCUT2D eigenvalue weighted by Gasteiger charge is 2.26. The summed E-state index contributed by atoms with van der Waals surface area (Å²) in [6.45, 7) is 12.9. The largest absolute Gasteiger partial charge is 0.387 e. The van der Waals surface area contributed by atoms with Crippen molar-refractivity contribution in [1.29, 1.82) is 0 Å². The number of ether oxygens (including phenoxy) is 1. The molecule has 1 atom stereocenters. The third-order valence-electron chi connectivity index (χ3n) is 4.89. The highest BCUT2D eigenvalue weighted by molar-refractivity contribution is 5.79. The number of hydrogen-bond donors (Lipinski definition) is 3. The number of rotatable bonds is 8. The lowest BCUT2D eigenvalue weighted by Crippen LogP contribution is -2.48. The molecule has 3 N–H and O–H groups in total. The van der Waals surface area contributed by atoms with Gasteiger partial charge in [-0.2, -0.15) is 0 Å². The summed E-state index contributed by atoms with van der Waals surface area (Å²) in [4.78, 5) is 6.76. The van der Waals surface area contributed by atoms with Crippen LogP contribution in [0.5, 0.6) is 0 Å². The second kappa shape index (κ2) is 10.2. The molecule has 0 spiro atoms. The standard InChI is InChI=1S/C21H35FN4O2/c1-5-23-19(24-14-20(2,3)17-8-6-7-9-18(17)22)25-15-21(4,27)16-26-10-12-28-13-11-26/h6-9,27H,5,10-16H2,1-4H3,(H2,23,24,25). The first kappa shape index (κ1) is 22.6. The number of aliphatic imine (C=N–C) groups is 1. The molecular formula is C21H35FN4O2. The van der Waals surface area contributed by atoms with Gasteiger partial charge >= 0.3 is 0 Å². The summed E-state index contributed by atoms with van der Waals surface area (Å²) in [6, 6.07) is 6.85. The quantitative estimate of drug-likeness (QED) is 0.463. The van der Waals surface area contributed by atoms with Gasteiger partial charge in [0.2, 0.25) is 0 Å². The van der Waals surface area contributed by atoms with Crippen molar-refractivity contribution in [2.75, 3.05) is 52.5 Å². The van der Waals surface area contributed by atoms with Crippen molar-refractivity contribution in [1.82, 2.24) is 15.5 Å². The Bertz CT molecular complexity index is 643. The second-order valence-electron chi connectivity index (χ2n) is 8.30. The molecule has 0 bridgehead atoms. The van der Waals surface area contributed by atoms with E-state index in [2.05, 4.69) is 20.5 Å². The Balaban J connectivity index is 1.96. The number of aliphatic hydroxyl groups is 1. The third-order valence-corrected chi connectivity index (χ3v) is 4.89. The van der Waals surface area contributed by atoms with Gasteiger partial charge in [-0.25, -0.2) is 4.39 Å². The SMILES string of the molecule is CCNC(=NCC(C)(O)CN1CCOCC1)NCC(C)(C)c1ccccc1F. The highest BCUT2D eigenvalue weighted by Crippen LogP contribution is 2.24. The van der Waals surface area contributed by atoms with Gasteiger partial charge in [-0.1, -0.05) is 32.0 Å². The van der Waals surface area contributed by atoms with Crippen molar-refractivity contribution in [2.45, 2.75) is 38.7 Å². The number of morpholine rings is 1. The number of hydrogen-bond acceptors (Lipinski definition) is 4. The molecule has 1 aromatic rings. The minimum absolute atomic E-state index is 0.204. The van der Waals surface area contributed by atoms with Crippen LogP contribution in [0.1, 0.15) is 33.3 Å². The van der Waals surface area contributed by atoms with E-state index in [0.717, 1.165) is 13.1 Å². The summed E-state index contributed by atoms with van der Waals surface area (Å²) in [5, 5.41) is 17.2. The van der Waals surface area contributed by atoms with E-state index in [1.54, 1.807) is 13.0 Å². The summed E-state index contributed by atoms with van der Waals surface area (Å²) >= 11 is 0. The predicted octanol–water partition coefficient (Wildman–Crippen LogP) is 1.74. The van der Waals surface area contributed by atoms with E-state index in [-0.39, 0.29) is 12.4 Å². The van der Waals surface area contributed by atoms with Gasteiger partial charge in [-0.3, -0.25) is 9.89 Å². The lowest BCUT2D eigenvalue weighted by molar-refractivity contribution is -0.0179. The van der Waals surface area contributed by atoms with Crippen molar-refractivity contribution in [2.24, 2.45) is 4.99 Å². The van der Waals surface area contributed by atoms with Crippen molar-refractivity contribution in [3.8, 4) is 0 Å². The van der Waals surface area contributed by atoms with Gasteiger partial charge in [0.1, 0.15) is 5.82 Å². The molecule has 7 heteroatoms. The molecule has 0 amide bonds. The Morgan fingerprint density at radius 1 is 1.21 bits per heavy atom. The van der Waals surface area contributed by atoms with Gasteiger partial charge in [0.15, 0.2) is 5.96 Å². The van der Waals surface area contributed by atoms with Gasteiger partial charge < -0.3 is 20.5 Å². The Morgan fingerprint density at radius 2 is 1.89 bits per heavy atom. The monoisotopic (exact) mass is 394 g/mol. The third kappa shape index (κ3) is 7.04. The molecule has 158 valence electrons. The Labute approximate surface area is 168 Å². The Morgan fingerprint density at radius 3 is 2.54 bits per heavy atom. The molecule has 1 unspecified atom stereocenters. The molecular weight excluding hydrogens is 359 g/mol. The van der Waals surface area contributed by atoms with Crippen LogP contribution in [0.4, 0.5) is 4.39 Å². The molecule has 0 radical (unpaired) electrons. The van der Waals surface area contributed by atoms with Crippen LogP contribution < -0.4 is 10.6 Å². The summed E-state index contributed by atoms with van der Waals surface area (Å²) in [5.41, 5.74) is -0.670. The van der Waals surface area contributed by atoms with Gasteiger partial charge in [0.25, 0.3) is 0 Å². The molecule has 28 heavy (non-hydrogen) atoms. The maximum Gasteiger partial charge on any atom is 0.191 e. The summed E-state index contributed by atoms with van der Waals surface area (Å²) in [7, 11) is 0. The normalized spacial score (nSPS) is 18.6. The van der Waals surface area contributed by atoms with Crippen LogP contribution in [0, 0.1) is 5.82 Å². The highest BCUT2D eigenvalue weighted by atomic mass is 19.1. The zero-order valence-electron chi connectivity index (χ0n) is 17.6. The van der Waals surface area contributed by atoms with Crippen LogP contribution in [0.25, 0.3) is 0 Å². The van der Waals surface area contributed by atoms with Crippen LogP contribution in [0.2, 0.25) is 0 Å². The van der Waals surface area contributed by atoms with Crippen molar-refractivity contribution >= 4 is 5.96 Å². The van der Waals surface area contributed by atoms with Crippen LogP contribution in [-0.4, -0.2) is 74.0 Å².